The second-order valence-electron chi connectivity index (χ2n) is 6.70. The normalized spacial score (nSPS) is 19.1. The van der Waals surface area contributed by atoms with Crippen molar-refractivity contribution in [1.29, 1.82) is 0 Å². The van der Waals surface area contributed by atoms with Crippen LogP contribution >= 0.6 is 0 Å². The van der Waals surface area contributed by atoms with Crippen molar-refractivity contribution in [1.82, 2.24) is 10.2 Å². The van der Waals surface area contributed by atoms with Gasteiger partial charge in [-0.15, -0.1) is 0 Å². The number of nitrogens with zero attached hydrogens (tertiary/aromatic N) is 1. The lowest BCUT2D eigenvalue weighted by molar-refractivity contribution is -0.133. The molecule has 7 heteroatoms. The van der Waals surface area contributed by atoms with Crippen LogP contribution in [0.2, 0.25) is 0 Å². The van der Waals surface area contributed by atoms with Crippen LogP contribution in [-0.2, 0) is 16.0 Å². The van der Waals surface area contributed by atoms with Crippen molar-refractivity contribution in [3.8, 4) is 0 Å². The molecule has 1 fully saturated rings. The standard InChI is InChI=1S/C20H20FN3O3/c1-20(11-10-14-6-3-2-4-7-14)18(26)24(19(27)23-20)13-17(25)22-16-9-5-8-15(21)12-16/h2-9,12H,10-11,13H2,1H3,(H,22,25)(H,23,27)/t20-/m1/s1. The largest absolute Gasteiger partial charge is 0.325 e. The molecule has 3 rings (SSSR count). The number of rotatable bonds is 6. The third kappa shape index (κ3) is 4.31. The minimum atomic E-state index is -1.06. The highest BCUT2D eigenvalue weighted by Crippen LogP contribution is 2.23. The zero-order chi connectivity index (χ0) is 19.4. The number of urea groups is 1. The van der Waals surface area contributed by atoms with E-state index >= 15 is 0 Å². The molecule has 4 amide bonds. The number of anilines is 1. The Bertz CT molecular complexity index is 872. The summed E-state index contributed by atoms with van der Waals surface area (Å²) in [5.41, 5.74) is 0.258. The summed E-state index contributed by atoms with van der Waals surface area (Å²) in [5.74, 6) is -1.51. The van der Waals surface area contributed by atoms with Crippen molar-refractivity contribution >= 4 is 23.5 Å². The fraction of sp³-hybridized carbons (Fsp3) is 0.250. The lowest BCUT2D eigenvalue weighted by Gasteiger charge is -2.21. The van der Waals surface area contributed by atoms with Crippen LogP contribution in [0.4, 0.5) is 14.9 Å². The summed E-state index contributed by atoms with van der Waals surface area (Å²) in [6.07, 6.45) is 1.04. The molecule has 1 atom stereocenters. The summed E-state index contributed by atoms with van der Waals surface area (Å²) in [6, 6.07) is 14.4. The van der Waals surface area contributed by atoms with Crippen LogP contribution in [-0.4, -0.2) is 34.8 Å². The minimum Gasteiger partial charge on any atom is -0.324 e. The van der Waals surface area contributed by atoms with E-state index in [0.29, 0.717) is 12.8 Å². The van der Waals surface area contributed by atoms with Gasteiger partial charge < -0.3 is 10.6 Å². The van der Waals surface area contributed by atoms with Gasteiger partial charge in [-0.25, -0.2) is 9.18 Å². The number of hydrogen-bond acceptors (Lipinski definition) is 3. The molecular weight excluding hydrogens is 349 g/mol. The Kier molecular flexibility index (Phi) is 5.21. The zero-order valence-electron chi connectivity index (χ0n) is 14.9. The molecule has 0 unspecified atom stereocenters. The Balaban J connectivity index is 1.62. The number of carbonyl (C=O) groups is 3. The molecule has 0 bridgehead atoms. The molecule has 2 aromatic rings. The highest BCUT2D eigenvalue weighted by atomic mass is 19.1. The fourth-order valence-corrected chi connectivity index (χ4v) is 3.01. The smallest absolute Gasteiger partial charge is 0.324 e. The lowest BCUT2D eigenvalue weighted by atomic mass is 9.93. The molecule has 27 heavy (non-hydrogen) atoms. The van der Waals surface area contributed by atoms with Gasteiger partial charge in [0, 0.05) is 5.69 Å². The van der Waals surface area contributed by atoms with Crippen molar-refractivity contribution < 1.29 is 18.8 Å². The van der Waals surface area contributed by atoms with Gasteiger partial charge in [-0.2, -0.15) is 0 Å². The van der Waals surface area contributed by atoms with Gasteiger partial charge in [0.1, 0.15) is 17.9 Å². The molecule has 6 nitrogen and oxygen atoms in total. The predicted octanol–water partition coefficient (Wildman–Crippen LogP) is 2.71. The first-order chi connectivity index (χ1) is 12.9. The number of imide groups is 1. The van der Waals surface area contributed by atoms with Crippen molar-refractivity contribution in [2.75, 3.05) is 11.9 Å². The number of amides is 4. The Morgan fingerprint density at radius 1 is 1.15 bits per heavy atom. The number of hydrogen-bond donors (Lipinski definition) is 2. The van der Waals surface area contributed by atoms with Crippen LogP contribution < -0.4 is 10.6 Å². The third-order valence-electron chi connectivity index (χ3n) is 4.51. The van der Waals surface area contributed by atoms with Gasteiger partial charge in [0.25, 0.3) is 5.91 Å². The molecule has 0 aromatic heterocycles. The van der Waals surface area contributed by atoms with Crippen molar-refractivity contribution in [2.45, 2.75) is 25.3 Å². The van der Waals surface area contributed by atoms with Crippen LogP contribution in [0.5, 0.6) is 0 Å². The molecule has 0 saturated carbocycles. The van der Waals surface area contributed by atoms with E-state index in [1.165, 1.54) is 18.2 Å². The van der Waals surface area contributed by atoms with Crippen molar-refractivity contribution in [3.05, 3.63) is 66.0 Å². The number of benzene rings is 2. The van der Waals surface area contributed by atoms with Crippen molar-refractivity contribution in [2.24, 2.45) is 0 Å². The first-order valence-corrected chi connectivity index (χ1v) is 8.61. The maximum atomic E-state index is 13.2. The van der Waals surface area contributed by atoms with Crippen LogP contribution in [0, 0.1) is 5.82 Å². The molecule has 140 valence electrons. The van der Waals surface area contributed by atoms with Gasteiger partial charge in [-0.3, -0.25) is 14.5 Å². The van der Waals surface area contributed by atoms with Gasteiger partial charge in [-0.05, 0) is 43.5 Å². The van der Waals surface area contributed by atoms with Gasteiger partial charge in [0.15, 0.2) is 0 Å². The Hall–Kier alpha value is -3.22. The summed E-state index contributed by atoms with van der Waals surface area (Å²) in [4.78, 5) is 38.0. The molecule has 1 saturated heterocycles. The molecule has 0 radical (unpaired) electrons. The average Bonchev–Trinajstić information content (AvgIpc) is 2.84. The highest BCUT2D eigenvalue weighted by Gasteiger charge is 2.47. The van der Waals surface area contributed by atoms with E-state index in [1.807, 2.05) is 30.3 Å². The van der Waals surface area contributed by atoms with Gasteiger partial charge in [-0.1, -0.05) is 36.4 Å². The van der Waals surface area contributed by atoms with E-state index in [-0.39, 0.29) is 5.69 Å². The summed E-state index contributed by atoms with van der Waals surface area (Å²) in [7, 11) is 0. The Labute approximate surface area is 156 Å². The van der Waals surface area contributed by atoms with Gasteiger partial charge in [0.05, 0.1) is 0 Å². The predicted molar refractivity (Wildman–Crippen MR) is 98.4 cm³/mol. The van der Waals surface area contributed by atoms with Gasteiger partial charge in [0.2, 0.25) is 5.91 Å². The molecule has 0 spiro atoms. The SMILES string of the molecule is C[C@]1(CCc2ccccc2)NC(=O)N(CC(=O)Nc2cccc(F)c2)C1=O. The summed E-state index contributed by atoms with van der Waals surface area (Å²) in [5, 5.41) is 5.16. The van der Waals surface area contributed by atoms with Crippen LogP contribution in [0.15, 0.2) is 54.6 Å². The van der Waals surface area contributed by atoms with E-state index in [0.717, 1.165) is 16.5 Å². The fourth-order valence-electron chi connectivity index (χ4n) is 3.01. The monoisotopic (exact) mass is 369 g/mol. The van der Waals surface area contributed by atoms with E-state index in [2.05, 4.69) is 10.6 Å². The highest BCUT2D eigenvalue weighted by molar-refractivity contribution is 6.09. The maximum absolute atomic E-state index is 13.2. The Morgan fingerprint density at radius 2 is 1.89 bits per heavy atom. The molecule has 0 aliphatic carbocycles. The maximum Gasteiger partial charge on any atom is 0.325 e. The molecule has 2 aromatic carbocycles. The Morgan fingerprint density at radius 3 is 2.59 bits per heavy atom. The molecular formula is C20H20FN3O3. The topological polar surface area (TPSA) is 78.5 Å². The minimum absolute atomic E-state index is 0.263. The molecule has 2 N–H and O–H groups in total. The van der Waals surface area contributed by atoms with Crippen LogP contribution in [0.3, 0.4) is 0 Å². The lowest BCUT2D eigenvalue weighted by Crippen LogP contribution is -2.45. The van der Waals surface area contributed by atoms with E-state index in [4.69, 9.17) is 0 Å². The van der Waals surface area contributed by atoms with E-state index in [9.17, 15) is 18.8 Å². The second-order valence-corrected chi connectivity index (χ2v) is 6.70. The number of halogens is 1. The zero-order valence-corrected chi connectivity index (χ0v) is 14.9. The van der Waals surface area contributed by atoms with Crippen LogP contribution in [0.25, 0.3) is 0 Å². The van der Waals surface area contributed by atoms with E-state index < -0.39 is 35.7 Å². The number of nitrogens with one attached hydrogen (secondary N) is 2. The summed E-state index contributed by atoms with van der Waals surface area (Å²) < 4.78 is 13.2. The third-order valence-corrected chi connectivity index (χ3v) is 4.51. The molecule has 1 heterocycles. The molecule has 1 aliphatic rings. The molecule has 1 aliphatic heterocycles. The van der Waals surface area contributed by atoms with E-state index in [1.54, 1.807) is 6.92 Å². The number of aryl methyl sites for hydroxylation is 1. The summed E-state index contributed by atoms with van der Waals surface area (Å²) >= 11 is 0. The summed E-state index contributed by atoms with van der Waals surface area (Å²) in [6.45, 7) is 1.22. The first kappa shape index (κ1) is 18.6. The first-order valence-electron chi connectivity index (χ1n) is 8.61. The van der Waals surface area contributed by atoms with Crippen LogP contribution in [0.1, 0.15) is 18.9 Å². The average molecular weight is 369 g/mol. The van der Waals surface area contributed by atoms with Gasteiger partial charge >= 0.3 is 6.03 Å². The second kappa shape index (κ2) is 7.57. The quantitative estimate of drug-likeness (QED) is 0.769. The van der Waals surface area contributed by atoms with Crippen molar-refractivity contribution in [3.63, 3.8) is 0 Å². The number of carbonyl (C=O) groups excluding carboxylic acids is 3.